The molecular weight excluding hydrogens is 571 g/mol. The van der Waals surface area contributed by atoms with E-state index in [0.717, 1.165) is 21.6 Å². The first-order valence-corrected chi connectivity index (χ1v) is 13.6. The number of carbonyl (C=O) groups excluding carboxylic acids is 3. The van der Waals surface area contributed by atoms with Crippen molar-refractivity contribution in [2.75, 3.05) is 4.90 Å². The molecule has 0 spiro atoms. The Morgan fingerprint density at radius 2 is 1.64 bits per heavy atom. The number of hydroxylamine groups is 1. The maximum Gasteiger partial charge on any atom is 0.493 e. The van der Waals surface area contributed by atoms with E-state index in [0.29, 0.717) is 23.7 Å². The van der Waals surface area contributed by atoms with Gasteiger partial charge in [-0.25, -0.2) is 4.79 Å². The first-order chi connectivity index (χ1) is 20.1. The van der Waals surface area contributed by atoms with Crippen LogP contribution in [0, 0.1) is 0 Å². The van der Waals surface area contributed by atoms with E-state index in [1.807, 2.05) is 47.8 Å². The van der Waals surface area contributed by atoms with Gasteiger partial charge in [0.05, 0.1) is 12.2 Å². The van der Waals surface area contributed by atoms with E-state index >= 15 is 0 Å². The number of hydrogen-bond donors (Lipinski definition) is 2. The molecule has 0 saturated heterocycles. The number of nitrogens with zero attached hydrogens (tertiary/aromatic N) is 1. The number of ether oxygens (including phenoxy) is 1. The highest BCUT2D eigenvalue weighted by molar-refractivity contribution is 7.13. The third-order valence-electron chi connectivity index (χ3n) is 5.97. The Balaban J connectivity index is 1.56. The molecular formula is C30H26F3N3O5S. The van der Waals surface area contributed by atoms with E-state index in [-0.39, 0.29) is 13.0 Å². The van der Waals surface area contributed by atoms with Gasteiger partial charge in [0, 0.05) is 24.3 Å². The molecule has 1 aromatic heterocycles. The summed E-state index contributed by atoms with van der Waals surface area (Å²) in [4.78, 5) is 42.7. The lowest BCUT2D eigenvalue weighted by Gasteiger charge is -2.25. The van der Waals surface area contributed by atoms with Crippen LogP contribution in [0.2, 0.25) is 0 Å². The molecule has 0 aliphatic heterocycles. The second kappa shape index (κ2) is 13.8. The fourth-order valence-electron chi connectivity index (χ4n) is 3.90. The maximum atomic E-state index is 13.5. The van der Waals surface area contributed by atoms with Gasteiger partial charge in [-0.05, 0) is 52.4 Å². The second-order valence-electron chi connectivity index (χ2n) is 8.99. The molecule has 0 radical (unpaired) electrons. The molecule has 42 heavy (non-hydrogen) atoms. The average Bonchev–Trinajstić information content (AvgIpc) is 3.53. The Morgan fingerprint density at radius 1 is 0.881 bits per heavy atom. The van der Waals surface area contributed by atoms with Gasteiger partial charge in [-0.1, -0.05) is 54.6 Å². The van der Waals surface area contributed by atoms with Crippen LogP contribution in [-0.2, 0) is 32.3 Å². The summed E-state index contributed by atoms with van der Waals surface area (Å²) in [6.45, 7) is 0.419. The van der Waals surface area contributed by atoms with Crippen LogP contribution in [0.3, 0.4) is 0 Å². The van der Waals surface area contributed by atoms with Crippen LogP contribution in [-0.4, -0.2) is 24.0 Å². The van der Waals surface area contributed by atoms with Crippen LogP contribution in [0.5, 0.6) is 11.5 Å². The number of thiophene rings is 1. The largest absolute Gasteiger partial charge is 0.493 e. The molecule has 218 valence electrons. The van der Waals surface area contributed by atoms with E-state index in [1.165, 1.54) is 10.4 Å². The predicted octanol–water partition coefficient (Wildman–Crippen LogP) is 6.12. The van der Waals surface area contributed by atoms with Gasteiger partial charge in [-0.15, -0.1) is 11.3 Å². The Kier molecular flexibility index (Phi) is 9.94. The number of halogens is 3. The van der Waals surface area contributed by atoms with Crippen molar-refractivity contribution in [3.05, 3.63) is 101 Å². The highest BCUT2D eigenvalue weighted by atomic mass is 32.1. The summed E-state index contributed by atoms with van der Waals surface area (Å²) in [6.07, 6.45) is -6.19. The van der Waals surface area contributed by atoms with Gasteiger partial charge in [-0.2, -0.15) is 18.7 Å². The number of hydrogen-bond acceptors (Lipinski definition) is 7. The van der Waals surface area contributed by atoms with Crippen LogP contribution < -0.4 is 20.9 Å². The molecule has 4 rings (SSSR count). The van der Waals surface area contributed by atoms with Crippen LogP contribution in [0.1, 0.15) is 24.0 Å². The summed E-state index contributed by atoms with van der Waals surface area (Å²) in [5, 5.41) is 1.98. The molecule has 0 unspecified atom stereocenters. The molecule has 12 heteroatoms. The van der Waals surface area contributed by atoms with E-state index in [9.17, 15) is 27.6 Å². The summed E-state index contributed by atoms with van der Waals surface area (Å²) in [5.74, 6) is -3.28. The van der Waals surface area contributed by atoms with Crippen molar-refractivity contribution in [3.8, 4) is 21.9 Å². The number of rotatable bonds is 10. The number of benzene rings is 3. The van der Waals surface area contributed by atoms with E-state index < -0.39 is 30.4 Å². The molecule has 0 aliphatic carbocycles. The predicted molar refractivity (Wildman–Crippen MR) is 151 cm³/mol. The minimum Gasteiger partial charge on any atom is -0.455 e. The normalized spacial score (nSPS) is 11.0. The molecule has 0 aliphatic rings. The van der Waals surface area contributed by atoms with Gasteiger partial charge in [0.1, 0.15) is 5.75 Å². The van der Waals surface area contributed by atoms with E-state index in [1.54, 1.807) is 53.8 Å². The van der Waals surface area contributed by atoms with Crippen LogP contribution in [0.25, 0.3) is 10.4 Å². The van der Waals surface area contributed by atoms with Crippen molar-refractivity contribution in [2.24, 2.45) is 5.73 Å². The lowest BCUT2D eigenvalue weighted by Crippen LogP contribution is -2.36. The highest BCUT2D eigenvalue weighted by Crippen LogP contribution is 2.34. The fraction of sp³-hybridized carbons (Fsp3) is 0.167. The van der Waals surface area contributed by atoms with Gasteiger partial charge in [-0.3, -0.25) is 9.59 Å². The lowest BCUT2D eigenvalue weighted by atomic mass is 10.1. The number of carbonyl (C=O) groups is 3. The molecule has 0 fully saturated rings. The van der Waals surface area contributed by atoms with Crippen LogP contribution in [0.15, 0.2) is 90.3 Å². The number of alkyl halides is 3. The number of para-hydroxylation sites is 2. The molecule has 3 aromatic carbocycles. The molecule has 8 nitrogen and oxygen atoms in total. The average molecular weight is 598 g/mol. The minimum atomic E-state index is -5.27. The summed E-state index contributed by atoms with van der Waals surface area (Å²) in [6, 6.07) is 25.6. The number of amides is 2. The topological polar surface area (TPSA) is 111 Å². The first kappa shape index (κ1) is 30.3. The van der Waals surface area contributed by atoms with Crippen molar-refractivity contribution < 1.29 is 37.1 Å². The van der Waals surface area contributed by atoms with Gasteiger partial charge in [0.25, 0.3) is 5.91 Å². The molecule has 0 bridgehead atoms. The SMILES string of the molecule is NCc1cccc(Oc2ccccc2N(Cc2ccc(-c3cccs3)cc2)C(=O)CCC(=O)NOC(=O)C(F)(F)F)c1. The van der Waals surface area contributed by atoms with Crippen LogP contribution in [0.4, 0.5) is 18.9 Å². The van der Waals surface area contributed by atoms with Crippen molar-refractivity contribution in [3.63, 3.8) is 0 Å². The first-order valence-electron chi connectivity index (χ1n) is 12.7. The Hall–Kier alpha value is -4.68. The summed E-state index contributed by atoms with van der Waals surface area (Å²) < 4.78 is 43.2. The van der Waals surface area contributed by atoms with Gasteiger partial charge >= 0.3 is 12.1 Å². The Morgan fingerprint density at radius 3 is 2.33 bits per heavy atom. The van der Waals surface area contributed by atoms with Gasteiger partial charge in [0.2, 0.25) is 5.91 Å². The summed E-state index contributed by atoms with van der Waals surface area (Å²) in [5.41, 5.74) is 10.2. The smallest absolute Gasteiger partial charge is 0.455 e. The quantitative estimate of drug-likeness (QED) is 0.213. The zero-order chi connectivity index (χ0) is 30.1. The standard InChI is InChI=1S/C30H26F3N3O5S/c31-30(32,33)29(39)41-35-27(37)14-15-28(38)36(19-20-10-12-22(13-11-20)26-9-4-16-42-26)24-7-1-2-8-25(24)40-23-6-3-5-21(17-23)18-34/h1-13,16-17H,14-15,18-19,34H2,(H,35,37). The third kappa shape index (κ3) is 8.18. The monoisotopic (exact) mass is 597 g/mol. The third-order valence-corrected chi connectivity index (χ3v) is 6.89. The molecule has 0 atom stereocenters. The van der Waals surface area contributed by atoms with Crippen molar-refractivity contribution in [1.29, 1.82) is 0 Å². The lowest BCUT2D eigenvalue weighted by molar-refractivity contribution is -0.207. The zero-order valence-electron chi connectivity index (χ0n) is 22.1. The summed E-state index contributed by atoms with van der Waals surface area (Å²) >= 11 is 1.60. The maximum absolute atomic E-state index is 13.5. The Labute approximate surface area is 243 Å². The summed E-state index contributed by atoms with van der Waals surface area (Å²) in [7, 11) is 0. The fourth-order valence-corrected chi connectivity index (χ4v) is 4.64. The molecule has 2 amide bonds. The van der Waals surface area contributed by atoms with E-state index in [2.05, 4.69) is 4.84 Å². The van der Waals surface area contributed by atoms with Crippen molar-refractivity contribution >= 4 is 34.8 Å². The molecule has 0 saturated carbocycles. The Bertz CT molecular complexity index is 1530. The molecule has 1 heterocycles. The molecule has 3 N–H and O–H groups in total. The number of nitrogens with one attached hydrogen (secondary N) is 1. The van der Waals surface area contributed by atoms with Crippen molar-refractivity contribution in [1.82, 2.24) is 5.48 Å². The number of anilines is 1. The zero-order valence-corrected chi connectivity index (χ0v) is 22.9. The van der Waals surface area contributed by atoms with Gasteiger partial charge < -0.3 is 20.2 Å². The highest BCUT2D eigenvalue weighted by Gasteiger charge is 2.42. The van der Waals surface area contributed by atoms with Gasteiger partial charge in [0.15, 0.2) is 5.75 Å². The van der Waals surface area contributed by atoms with E-state index in [4.69, 9.17) is 10.5 Å². The van der Waals surface area contributed by atoms with Crippen molar-refractivity contribution in [2.45, 2.75) is 32.1 Å². The second-order valence-corrected chi connectivity index (χ2v) is 9.94. The number of nitrogens with two attached hydrogens (primary N) is 1. The van der Waals surface area contributed by atoms with Crippen LogP contribution >= 0.6 is 11.3 Å². The molecule has 4 aromatic rings. The minimum absolute atomic E-state index is 0.109.